The van der Waals surface area contributed by atoms with Crippen LogP contribution in [0.1, 0.15) is 5.69 Å². The molecule has 0 saturated heterocycles. The fourth-order valence-electron chi connectivity index (χ4n) is 2.96. The highest BCUT2D eigenvalue weighted by Crippen LogP contribution is 2.32. The number of fused-ring (bicyclic) bond motifs is 1. The Bertz CT molecular complexity index is 1270. The van der Waals surface area contributed by atoms with Gasteiger partial charge in [0.05, 0.1) is 16.8 Å². The van der Waals surface area contributed by atoms with Crippen molar-refractivity contribution in [3.8, 4) is 11.1 Å². The average molecular weight is 439 g/mol. The molecule has 30 heavy (non-hydrogen) atoms. The molecule has 0 unspecified atom stereocenters. The summed E-state index contributed by atoms with van der Waals surface area (Å²) < 4.78 is 6.54. The molecule has 0 saturated carbocycles. The van der Waals surface area contributed by atoms with Gasteiger partial charge < -0.3 is 4.52 Å². The number of thiophene rings is 1. The van der Waals surface area contributed by atoms with E-state index >= 15 is 0 Å². The molecule has 0 aliphatic carbocycles. The van der Waals surface area contributed by atoms with Gasteiger partial charge in [0.2, 0.25) is 11.8 Å². The lowest BCUT2D eigenvalue weighted by Gasteiger charge is -2.10. The van der Waals surface area contributed by atoms with Crippen LogP contribution in [0.4, 0.5) is 5.88 Å². The number of hydrogen-bond acceptors (Lipinski definition) is 7. The summed E-state index contributed by atoms with van der Waals surface area (Å²) >= 11 is 2.61. The molecule has 3 aromatic heterocycles. The molecule has 0 bridgehead atoms. The fourth-order valence-corrected chi connectivity index (χ4v) is 4.76. The highest BCUT2D eigenvalue weighted by atomic mass is 32.2. The summed E-state index contributed by atoms with van der Waals surface area (Å²) in [4.78, 5) is 30.8. The van der Waals surface area contributed by atoms with E-state index in [1.165, 1.54) is 23.1 Å². The third kappa shape index (κ3) is 4.07. The van der Waals surface area contributed by atoms with Crippen LogP contribution in [0.15, 0.2) is 68.9 Å². The van der Waals surface area contributed by atoms with Gasteiger partial charge in [-0.1, -0.05) is 53.3 Å². The predicted octanol–water partition coefficient (Wildman–Crippen LogP) is 4.34. The Kier molecular flexibility index (Phi) is 5.82. The Labute approximate surface area is 180 Å². The number of nitrogens with one attached hydrogen (secondary N) is 1. The predicted molar refractivity (Wildman–Crippen MR) is 120 cm³/mol. The van der Waals surface area contributed by atoms with Gasteiger partial charge in [-0.15, -0.1) is 17.9 Å². The maximum atomic E-state index is 13.3. The highest BCUT2D eigenvalue weighted by molar-refractivity contribution is 7.99. The van der Waals surface area contributed by atoms with Crippen LogP contribution in [0.5, 0.6) is 0 Å². The van der Waals surface area contributed by atoms with E-state index in [0.29, 0.717) is 27.6 Å². The molecule has 0 aliphatic heterocycles. The van der Waals surface area contributed by atoms with Crippen molar-refractivity contribution in [3.63, 3.8) is 0 Å². The van der Waals surface area contributed by atoms with E-state index in [1.807, 2.05) is 35.7 Å². The van der Waals surface area contributed by atoms with E-state index in [2.05, 4.69) is 22.0 Å². The lowest BCUT2D eigenvalue weighted by atomic mass is 10.1. The van der Waals surface area contributed by atoms with Gasteiger partial charge in [0, 0.05) is 23.6 Å². The molecule has 0 fully saturated rings. The van der Waals surface area contributed by atoms with Crippen molar-refractivity contribution in [1.82, 2.24) is 14.7 Å². The molecular formula is C21H18N4O3S2. The van der Waals surface area contributed by atoms with E-state index in [1.54, 1.807) is 23.6 Å². The molecule has 3 heterocycles. The summed E-state index contributed by atoms with van der Waals surface area (Å²) in [5.74, 6) is 0.0914. The maximum Gasteiger partial charge on any atom is 0.263 e. The summed E-state index contributed by atoms with van der Waals surface area (Å²) in [5.41, 5.74) is 2.36. The average Bonchev–Trinajstić information content (AvgIpc) is 3.35. The van der Waals surface area contributed by atoms with Crippen molar-refractivity contribution in [2.45, 2.75) is 18.6 Å². The molecule has 0 aliphatic rings. The van der Waals surface area contributed by atoms with Crippen LogP contribution in [0.25, 0.3) is 21.3 Å². The number of aryl methyl sites for hydroxylation is 1. The van der Waals surface area contributed by atoms with Gasteiger partial charge in [0.15, 0.2) is 5.16 Å². The number of hydrogen-bond donors (Lipinski definition) is 1. The lowest BCUT2D eigenvalue weighted by Crippen LogP contribution is -2.23. The third-order valence-corrected chi connectivity index (χ3v) is 6.13. The number of carbonyl (C=O) groups is 1. The number of thioether (sulfide) groups is 1. The SMILES string of the molecule is C=CCn1c(SCC(=O)Nc2cc(C)no2)nc2scc(-c3ccccc3)c2c1=O. The zero-order valence-electron chi connectivity index (χ0n) is 16.1. The van der Waals surface area contributed by atoms with Crippen molar-refractivity contribution < 1.29 is 9.32 Å². The van der Waals surface area contributed by atoms with Gasteiger partial charge in [0.1, 0.15) is 4.83 Å². The van der Waals surface area contributed by atoms with E-state index in [4.69, 9.17) is 4.52 Å². The normalized spacial score (nSPS) is 11.0. The summed E-state index contributed by atoms with van der Waals surface area (Å²) in [5, 5.41) is 9.37. The minimum Gasteiger partial charge on any atom is -0.338 e. The van der Waals surface area contributed by atoms with Crippen LogP contribution in [-0.2, 0) is 11.3 Å². The van der Waals surface area contributed by atoms with Crippen molar-refractivity contribution in [2.75, 3.05) is 11.1 Å². The Morgan fingerprint density at radius 3 is 2.87 bits per heavy atom. The monoisotopic (exact) mass is 438 g/mol. The summed E-state index contributed by atoms with van der Waals surface area (Å²) in [6.07, 6.45) is 1.64. The first-order valence-electron chi connectivity index (χ1n) is 9.11. The smallest absolute Gasteiger partial charge is 0.263 e. The van der Waals surface area contributed by atoms with Crippen LogP contribution in [-0.4, -0.2) is 26.4 Å². The number of benzene rings is 1. The summed E-state index contributed by atoms with van der Waals surface area (Å²) in [7, 11) is 0. The Morgan fingerprint density at radius 1 is 1.37 bits per heavy atom. The second-order valence-corrected chi connectivity index (χ2v) is 8.26. The quantitative estimate of drug-likeness (QED) is 0.262. The molecule has 4 aromatic rings. The molecule has 152 valence electrons. The molecule has 0 radical (unpaired) electrons. The van der Waals surface area contributed by atoms with Crippen LogP contribution in [0, 0.1) is 6.92 Å². The van der Waals surface area contributed by atoms with E-state index in [9.17, 15) is 9.59 Å². The zero-order valence-corrected chi connectivity index (χ0v) is 17.8. The lowest BCUT2D eigenvalue weighted by molar-refractivity contribution is -0.113. The molecule has 1 aromatic carbocycles. The Hall–Kier alpha value is -3.17. The Balaban J connectivity index is 1.64. The summed E-state index contributed by atoms with van der Waals surface area (Å²) in [6, 6.07) is 11.4. The van der Waals surface area contributed by atoms with Gasteiger partial charge in [-0.05, 0) is 12.5 Å². The van der Waals surface area contributed by atoms with Gasteiger partial charge in [-0.3, -0.25) is 19.5 Å². The maximum absolute atomic E-state index is 13.3. The van der Waals surface area contributed by atoms with Crippen LogP contribution >= 0.6 is 23.1 Å². The van der Waals surface area contributed by atoms with Crippen molar-refractivity contribution in [1.29, 1.82) is 0 Å². The van der Waals surface area contributed by atoms with Crippen LogP contribution in [0.2, 0.25) is 0 Å². The largest absolute Gasteiger partial charge is 0.338 e. The molecule has 7 nitrogen and oxygen atoms in total. The minimum atomic E-state index is -0.271. The van der Waals surface area contributed by atoms with E-state index < -0.39 is 0 Å². The number of rotatable bonds is 7. The molecule has 0 atom stereocenters. The van der Waals surface area contributed by atoms with Crippen molar-refractivity contribution in [3.05, 3.63) is 70.5 Å². The van der Waals surface area contributed by atoms with Crippen molar-refractivity contribution >= 4 is 45.1 Å². The first-order valence-corrected chi connectivity index (χ1v) is 11.0. The molecule has 1 amide bonds. The molecule has 1 N–H and O–H groups in total. The highest BCUT2D eigenvalue weighted by Gasteiger charge is 2.18. The van der Waals surface area contributed by atoms with Gasteiger partial charge >= 0.3 is 0 Å². The molecule has 0 spiro atoms. The van der Waals surface area contributed by atoms with Gasteiger partial charge in [-0.2, -0.15) is 0 Å². The number of allylic oxidation sites excluding steroid dienone is 1. The topological polar surface area (TPSA) is 90.0 Å². The van der Waals surface area contributed by atoms with Crippen molar-refractivity contribution in [2.24, 2.45) is 0 Å². The van der Waals surface area contributed by atoms with E-state index in [-0.39, 0.29) is 23.1 Å². The van der Waals surface area contributed by atoms with Gasteiger partial charge in [-0.25, -0.2) is 4.98 Å². The minimum absolute atomic E-state index is 0.0752. The number of nitrogens with zero attached hydrogens (tertiary/aromatic N) is 3. The standard InChI is InChI=1S/C21H18N4O3S2/c1-3-9-25-20(27)18-15(14-7-5-4-6-8-14)11-29-19(18)23-21(25)30-12-16(26)22-17-10-13(2)24-28-17/h3-8,10-11H,1,9,12H2,2H3,(H,22,26). The number of aromatic nitrogens is 3. The van der Waals surface area contributed by atoms with Crippen LogP contribution < -0.4 is 10.9 Å². The Morgan fingerprint density at radius 2 is 2.17 bits per heavy atom. The molecule has 4 rings (SSSR count). The summed E-state index contributed by atoms with van der Waals surface area (Å²) in [6.45, 7) is 5.82. The first-order chi connectivity index (χ1) is 14.6. The van der Waals surface area contributed by atoms with Gasteiger partial charge in [0.25, 0.3) is 5.56 Å². The second-order valence-electron chi connectivity index (χ2n) is 6.46. The third-order valence-electron chi connectivity index (χ3n) is 4.28. The number of amides is 1. The second kappa shape index (κ2) is 8.68. The zero-order chi connectivity index (χ0) is 21.1. The fraction of sp³-hybridized carbons (Fsp3) is 0.143. The van der Waals surface area contributed by atoms with Crippen LogP contribution in [0.3, 0.4) is 0 Å². The number of carbonyl (C=O) groups excluding carboxylic acids is 1. The molecule has 9 heteroatoms. The first kappa shape index (κ1) is 20.1. The number of anilines is 1. The van der Waals surface area contributed by atoms with E-state index in [0.717, 1.165) is 11.1 Å². The molecular weight excluding hydrogens is 420 g/mol.